The molecule has 0 aliphatic heterocycles. The highest BCUT2D eigenvalue weighted by atomic mass is 19.3. The summed E-state index contributed by atoms with van der Waals surface area (Å²) < 4.78 is 28.3. The Morgan fingerprint density at radius 1 is 1.42 bits per heavy atom. The van der Waals surface area contributed by atoms with Crippen LogP contribution in [0.15, 0.2) is 24.3 Å². The molecular formula is C14H16F2O3. The number of hydrogen-bond acceptors (Lipinski definition) is 2. The van der Waals surface area contributed by atoms with E-state index in [2.05, 4.69) is 4.74 Å². The number of aliphatic carboxylic acids is 1. The molecule has 0 aromatic heterocycles. The van der Waals surface area contributed by atoms with Gasteiger partial charge in [-0.2, -0.15) is 8.78 Å². The average Bonchev–Trinajstić information content (AvgIpc) is 2.29. The number of carboxylic acid groups (broad SMARTS) is 1. The van der Waals surface area contributed by atoms with Crippen LogP contribution in [0, 0.1) is 5.92 Å². The summed E-state index contributed by atoms with van der Waals surface area (Å²) in [6.07, 6.45) is 2.17. The van der Waals surface area contributed by atoms with Crippen molar-refractivity contribution >= 4 is 5.97 Å². The maximum Gasteiger partial charge on any atom is 0.387 e. The fourth-order valence-electron chi connectivity index (χ4n) is 2.70. The predicted molar refractivity (Wildman–Crippen MR) is 65.4 cm³/mol. The lowest BCUT2D eigenvalue weighted by molar-refractivity contribution is -0.149. The minimum absolute atomic E-state index is 0.0469. The highest BCUT2D eigenvalue weighted by molar-refractivity contribution is 5.82. The second kappa shape index (κ2) is 5.15. The van der Waals surface area contributed by atoms with Crippen molar-refractivity contribution in [3.8, 4) is 5.75 Å². The molecule has 1 N–H and O–H groups in total. The Hall–Kier alpha value is -1.65. The van der Waals surface area contributed by atoms with Gasteiger partial charge in [0.05, 0.1) is 5.41 Å². The smallest absolute Gasteiger partial charge is 0.387 e. The highest BCUT2D eigenvalue weighted by Crippen LogP contribution is 2.49. The van der Waals surface area contributed by atoms with Gasteiger partial charge in [-0.1, -0.05) is 25.5 Å². The lowest BCUT2D eigenvalue weighted by atomic mass is 9.58. The van der Waals surface area contributed by atoms with Gasteiger partial charge in [0, 0.05) is 0 Å². The van der Waals surface area contributed by atoms with Gasteiger partial charge in [0.1, 0.15) is 5.75 Å². The average molecular weight is 270 g/mol. The van der Waals surface area contributed by atoms with Gasteiger partial charge in [-0.05, 0) is 36.5 Å². The van der Waals surface area contributed by atoms with E-state index < -0.39 is 18.0 Å². The minimum atomic E-state index is -2.87. The first-order chi connectivity index (χ1) is 8.98. The zero-order chi connectivity index (χ0) is 14.0. The molecule has 1 aromatic rings. The van der Waals surface area contributed by atoms with Crippen LogP contribution in [0.4, 0.5) is 8.78 Å². The van der Waals surface area contributed by atoms with Gasteiger partial charge < -0.3 is 9.84 Å². The normalized spacial score (nSPS) is 26.0. The number of halogens is 2. The van der Waals surface area contributed by atoms with Crippen LogP contribution >= 0.6 is 0 Å². The Bertz CT molecular complexity index is 450. The van der Waals surface area contributed by atoms with Crippen LogP contribution in [0.1, 0.15) is 31.7 Å². The van der Waals surface area contributed by atoms with Crippen LogP contribution in [0.5, 0.6) is 5.75 Å². The standard InChI is InChI=1S/C14H16F2O3/c1-2-9-7-14(8-9,12(17)18)10-3-5-11(6-4-10)19-13(15)16/h3-6,9,13H,2,7-8H2,1H3,(H,17,18). The molecule has 19 heavy (non-hydrogen) atoms. The maximum absolute atomic E-state index is 12.0. The first-order valence-electron chi connectivity index (χ1n) is 6.26. The summed E-state index contributed by atoms with van der Waals surface area (Å²) in [7, 11) is 0. The summed E-state index contributed by atoms with van der Waals surface area (Å²) >= 11 is 0. The molecule has 0 unspecified atom stereocenters. The molecule has 5 heteroatoms. The number of ether oxygens (including phenoxy) is 1. The summed E-state index contributed by atoms with van der Waals surface area (Å²) in [5, 5.41) is 9.41. The zero-order valence-corrected chi connectivity index (χ0v) is 10.6. The SMILES string of the molecule is CCC1CC(C(=O)O)(c2ccc(OC(F)F)cc2)C1. The second-order valence-corrected chi connectivity index (χ2v) is 4.97. The van der Waals surface area contributed by atoms with Crippen molar-refractivity contribution < 1.29 is 23.4 Å². The van der Waals surface area contributed by atoms with Gasteiger partial charge in [0.25, 0.3) is 0 Å². The monoisotopic (exact) mass is 270 g/mol. The van der Waals surface area contributed by atoms with Crippen molar-refractivity contribution in [1.82, 2.24) is 0 Å². The molecule has 2 rings (SSSR count). The zero-order valence-electron chi connectivity index (χ0n) is 10.6. The van der Waals surface area contributed by atoms with Crippen LogP contribution in [-0.2, 0) is 10.2 Å². The molecule has 0 amide bonds. The van der Waals surface area contributed by atoms with Gasteiger partial charge in [-0.25, -0.2) is 0 Å². The number of alkyl halides is 2. The molecule has 0 spiro atoms. The van der Waals surface area contributed by atoms with Gasteiger partial charge in [0.15, 0.2) is 0 Å². The Kier molecular flexibility index (Phi) is 3.73. The number of hydrogen-bond donors (Lipinski definition) is 1. The summed E-state index contributed by atoms with van der Waals surface area (Å²) in [6, 6.07) is 5.92. The van der Waals surface area contributed by atoms with Gasteiger partial charge in [-0.15, -0.1) is 0 Å². The Morgan fingerprint density at radius 3 is 2.42 bits per heavy atom. The number of carbonyl (C=O) groups is 1. The van der Waals surface area contributed by atoms with E-state index in [1.165, 1.54) is 12.1 Å². The first kappa shape index (κ1) is 13.8. The Balaban J connectivity index is 2.18. The molecular weight excluding hydrogens is 254 g/mol. The molecule has 1 aliphatic rings. The van der Waals surface area contributed by atoms with E-state index in [1.54, 1.807) is 12.1 Å². The summed E-state index contributed by atoms with van der Waals surface area (Å²) in [4.78, 5) is 11.5. The maximum atomic E-state index is 12.0. The molecule has 104 valence electrons. The summed E-state index contributed by atoms with van der Waals surface area (Å²) in [6.45, 7) is -0.830. The third-order valence-electron chi connectivity index (χ3n) is 3.89. The lowest BCUT2D eigenvalue weighted by Crippen LogP contribution is -2.47. The summed E-state index contributed by atoms with van der Waals surface area (Å²) in [5.41, 5.74) is -0.198. The van der Waals surface area contributed by atoms with Gasteiger partial charge >= 0.3 is 12.6 Å². The lowest BCUT2D eigenvalue weighted by Gasteiger charge is -2.44. The van der Waals surface area contributed by atoms with Gasteiger partial charge in [-0.3, -0.25) is 4.79 Å². The van der Waals surface area contributed by atoms with Crippen molar-refractivity contribution in [2.75, 3.05) is 0 Å². The van der Waals surface area contributed by atoms with E-state index in [0.717, 1.165) is 6.42 Å². The molecule has 1 aliphatic carbocycles. The van der Waals surface area contributed by atoms with Crippen LogP contribution < -0.4 is 4.74 Å². The van der Waals surface area contributed by atoms with E-state index >= 15 is 0 Å². The van der Waals surface area contributed by atoms with E-state index in [9.17, 15) is 18.7 Å². The third-order valence-corrected chi connectivity index (χ3v) is 3.89. The molecule has 0 heterocycles. The van der Waals surface area contributed by atoms with E-state index in [-0.39, 0.29) is 5.75 Å². The van der Waals surface area contributed by atoms with E-state index in [1.807, 2.05) is 6.92 Å². The fourth-order valence-corrected chi connectivity index (χ4v) is 2.70. The van der Waals surface area contributed by atoms with Crippen molar-refractivity contribution in [2.45, 2.75) is 38.2 Å². The van der Waals surface area contributed by atoms with Crippen LogP contribution in [-0.4, -0.2) is 17.7 Å². The molecule has 1 aromatic carbocycles. The van der Waals surface area contributed by atoms with Crippen molar-refractivity contribution in [3.63, 3.8) is 0 Å². The topological polar surface area (TPSA) is 46.5 Å². The van der Waals surface area contributed by atoms with Crippen molar-refractivity contribution in [1.29, 1.82) is 0 Å². The molecule has 0 radical (unpaired) electrons. The Labute approximate surface area is 110 Å². The second-order valence-electron chi connectivity index (χ2n) is 4.97. The van der Waals surface area contributed by atoms with Crippen molar-refractivity contribution in [3.05, 3.63) is 29.8 Å². The predicted octanol–water partition coefficient (Wildman–Crippen LogP) is 3.43. The number of benzene rings is 1. The summed E-state index contributed by atoms with van der Waals surface area (Å²) in [5.74, 6) is -0.376. The molecule has 1 saturated carbocycles. The highest BCUT2D eigenvalue weighted by Gasteiger charge is 2.50. The van der Waals surface area contributed by atoms with Crippen molar-refractivity contribution in [2.24, 2.45) is 5.92 Å². The number of rotatable bonds is 5. The molecule has 1 fully saturated rings. The quantitative estimate of drug-likeness (QED) is 0.891. The third kappa shape index (κ3) is 2.55. The number of carboxylic acids is 1. The van der Waals surface area contributed by atoms with Crippen LogP contribution in [0.3, 0.4) is 0 Å². The molecule has 0 atom stereocenters. The fraction of sp³-hybridized carbons (Fsp3) is 0.500. The van der Waals surface area contributed by atoms with Crippen LogP contribution in [0.25, 0.3) is 0 Å². The Morgan fingerprint density at radius 2 is 2.00 bits per heavy atom. The molecule has 0 bridgehead atoms. The molecule has 3 nitrogen and oxygen atoms in total. The molecule has 0 saturated heterocycles. The largest absolute Gasteiger partial charge is 0.481 e. The first-order valence-corrected chi connectivity index (χ1v) is 6.26. The van der Waals surface area contributed by atoms with Gasteiger partial charge in [0.2, 0.25) is 0 Å². The minimum Gasteiger partial charge on any atom is -0.481 e. The van der Waals surface area contributed by atoms with Crippen LogP contribution in [0.2, 0.25) is 0 Å². The van der Waals surface area contributed by atoms with E-state index in [4.69, 9.17) is 0 Å². The van der Waals surface area contributed by atoms with E-state index in [0.29, 0.717) is 24.3 Å².